The Morgan fingerprint density at radius 1 is 0.846 bits per heavy atom. The van der Waals surface area contributed by atoms with Gasteiger partial charge in [0.2, 0.25) is 0 Å². The van der Waals surface area contributed by atoms with Crippen LogP contribution >= 0.6 is 0 Å². The van der Waals surface area contributed by atoms with Gasteiger partial charge in [-0.2, -0.15) is 0 Å². The van der Waals surface area contributed by atoms with E-state index in [1.54, 1.807) is 0 Å². The van der Waals surface area contributed by atoms with Crippen LogP contribution in [0.3, 0.4) is 0 Å². The highest BCUT2D eigenvalue weighted by Gasteiger charge is 2.12. The Labute approximate surface area is 154 Å². The molecular weight excluding hydrogens is 322 g/mol. The Balaban J connectivity index is 1.96. The summed E-state index contributed by atoms with van der Waals surface area (Å²) in [4.78, 5) is 13.1. The molecule has 1 atom stereocenters. The molecule has 0 aliphatic carbocycles. The Bertz CT molecular complexity index is 826. The minimum Gasteiger partial charge on any atom is -0.491 e. The third-order valence-electron chi connectivity index (χ3n) is 4.31. The van der Waals surface area contributed by atoms with Gasteiger partial charge >= 0.3 is 0 Å². The molecule has 3 heteroatoms. The zero-order chi connectivity index (χ0) is 18.4. The average Bonchev–Trinajstić information content (AvgIpc) is 2.71. The van der Waals surface area contributed by atoms with Crippen molar-refractivity contribution in [1.29, 1.82) is 0 Å². The van der Waals surface area contributed by atoms with Crippen molar-refractivity contribution in [2.75, 3.05) is 4.90 Å². The maximum atomic E-state index is 11.0. The van der Waals surface area contributed by atoms with Crippen LogP contribution in [0, 0.1) is 0 Å². The largest absolute Gasteiger partial charge is 0.491 e. The Kier molecular flexibility index (Phi) is 5.69. The molecule has 132 valence electrons. The van der Waals surface area contributed by atoms with E-state index >= 15 is 0 Å². The number of nitrogens with zero attached hydrogens (tertiary/aromatic N) is 1. The summed E-state index contributed by atoms with van der Waals surface area (Å²) in [5.74, 6) is 0.868. The molecule has 0 fully saturated rings. The van der Waals surface area contributed by atoms with Crippen molar-refractivity contribution >= 4 is 23.3 Å². The first-order chi connectivity index (χ1) is 12.7. The van der Waals surface area contributed by atoms with E-state index in [0.717, 1.165) is 35.5 Å². The SMILES string of the molecule is CCC(C)Oc1ccc(N(c2ccccc2)c2ccc(C=O)cc2)cc1. The van der Waals surface area contributed by atoms with Crippen molar-refractivity contribution in [3.63, 3.8) is 0 Å². The van der Waals surface area contributed by atoms with Gasteiger partial charge in [0.1, 0.15) is 12.0 Å². The number of para-hydroxylation sites is 1. The summed E-state index contributed by atoms with van der Waals surface area (Å²) < 4.78 is 5.88. The van der Waals surface area contributed by atoms with Crippen molar-refractivity contribution in [2.45, 2.75) is 26.4 Å². The minimum atomic E-state index is 0.196. The fourth-order valence-corrected chi connectivity index (χ4v) is 2.72. The summed E-state index contributed by atoms with van der Waals surface area (Å²) in [5.41, 5.74) is 3.75. The molecule has 0 radical (unpaired) electrons. The highest BCUT2D eigenvalue weighted by molar-refractivity contribution is 5.80. The standard InChI is InChI=1S/C23H23NO2/c1-3-18(2)26-23-15-13-22(14-16-23)24(20-7-5-4-6-8-20)21-11-9-19(17-25)10-12-21/h4-18H,3H2,1-2H3. The van der Waals surface area contributed by atoms with Crippen LogP contribution in [-0.4, -0.2) is 12.4 Å². The van der Waals surface area contributed by atoms with Gasteiger partial charge in [-0.1, -0.05) is 25.1 Å². The molecule has 0 amide bonds. The molecule has 3 nitrogen and oxygen atoms in total. The first-order valence-electron chi connectivity index (χ1n) is 8.88. The van der Waals surface area contributed by atoms with Crippen LogP contribution in [0.4, 0.5) is 17.1 Å². The average molecular weight is 345 g/mol. The second-order valence-corrected chi connectivity index (χ2v) is 6.21. The third kappa shape index (κ3) is 4.12. The van der Waals surface area contributed by atoms with Gasteiger partial charge in [0, 0.05) is 22.6 Å². The zero-order valence-corrected chi connectivity index (χ0v) is 15.1. The molecule has 0 saturated carbocycles. The number of carbonyl (C=O) groups excluding carboxylic acids is 1. The smallest absolute Gasteiger partial charge is 0.150 e. The summed E-state index contributed by atoms with van der Waals surface area (Å²) in [5, 5.41) is 0. The van der Waals surface area contributed by atoms with Gasteiger partial charge in [0.15, 0.2) is 0 Å². The molecule has 3 aromatic rings. The van der Waals surface area contributed by atoms with Gasteiger partial charge in [-0.15, -0.1) is 0 Å². The number of hydrogen-bond donors (Lipinski definition) is 0. The second kappa shape index (κ2) is 8.34. The van der Waals surface area contributed by atoms with Crippen molar-refractivity contribution in [3.8, 4) is 5.75 Å². The van der Waals surface area contributed by atoms with Crippen LogP contribution in [0.1, 0.15) is 30.6 Å². The maximum Gasteiger partial charge on any atom is 0.150 e. The molecule has 0 heterocycles. The summed E-state index contributed by atoms with van der Waals surface area (Å²) >= 11 is 0. The van der Waals surface area contributed by atoms with Crippen LogP contribution in [-0.2, 0) is 0 Å². The molecule has 0 spiro atoms. The lowest BCUT2D eigenvalue weighted by atomic mass is 10.1. The monoisotopic (exact) mass is 345 g/mol. The third-order valence-corrected chi connectivity index (χ3v) is 4.31. The van der Waals surface area contributed by atoms with E-state index in [-0.39, 0.29) is 6.10 Å². The van der Waals surface area contributed by atoms with Gasteiger partial charge < -0.3 is 9.64 Å². The molecule has 26 heavy (non-hydrogen) atoms. The molecule has 3 aromatic carbocycles. The van der Waals surface area contributed by atoms with Crippen molar-refractivity contribution in [2.24, 2.45) is 0 Å². The summed E-state index contributed by atoms with van der Waals surface area (Å²) in [6.07, 6.45) is 2.03. The number of aldehydes is 1. The van der Waals surface area contributed by atoms with Crippen molar-refractivity contribution in [1.82, 2.24) is 0 Å². The summed E-state index contributed by atoms with van der Waals surface area (Å²) in [6, 6.07) is 25.9. The van der Waals surface area contributed by atoms with Crippen LogP contribution in [0.2, 0.25) is 0 Å². The lowest BCUT2D eigenvalue weighted by Crippen LogP contribution is -2.11. The molecular formula is C23H23NO2. The van der Waals surface area contributed by atoms with Crippen LogP contribution in [0.25, 0.3) is 0 Å². The fraction of sp³-hybridized carbons (Fsp3) is 0.174. The van der Waals surface area contributed by atoms with Gasteiger partial charge in [-0.3, -0.25) is 4.79 Å². The van der Waals surface area contributed by atoms with E-state index in [2.05, 4.69) is 43.0 Å². The highest BCUT2D eigenvalue weighted by Crippen LogP contribution is 2.35. The van der Waals surface area contributed by atoms with Gasteiger partial charge in [-0.05, 0) is 74.0 Å². The highest BCUT2D eigenvalue weighted by atomic mass is 16.5. The first kappa shape index (κ1) is 17.7. The molecule has 0 aromatic heterocycles. The summed E-state index contributed by atoms with van der Waals surface area (Å²) in [6.45, 7) is 4.18. The van der Waals surface area contributed by atoms with Crippen LogP contribution < -0.4 is 9.64 Å². The predicted molar refractivity (Wildman–Crippen MR) is 107 cm³/mol. The number of carbonyl (C=O) groups is 1. The Morgan fingerprint density at radius 3 is 1.92 bits per heavy atom. The summed E-state index contributed by atoms with van der Waals surface area (Å²) in [7, 11) is 0. The number of hydrogen-bond acceptors (Lipinski definition) is 3. The quantitative estimate of drug-likeness (QED) is 0.481. The Morgan fingerprint density at radius 2 is 1.38 bits per heavy atom. The minimum absolute atomic E-state index is 0.196. The molecule has 3 rings (SSSR count). The van der Waals surface area contributed by atoms with Crippen LogP contribution in [0.5, 0.6) is 5.75 Å². The molecule has 0 bridgehead atoms. The topological polar surface area (TPSA) is 29.5 Å². The fourth-order valence-electron chi connectivity index (χ4n) is 2.72. The van der Waals surface area contributed by atoms with Gasteiger partial charge in [0.05, 0.1) is 6.10 Å². The van der Waals surface area contributed by atoms with Crippen molar-refractivity contribution < 1.29 is 9.53 Å². The number of ether oxygens (including phenoxy) is 1. The number of anilines is 3. The van der Waals surface area contributed by atoms with E-state index in [0.29, 0.717) is 5.56 Å². The lowest BCUT2D eigenvalue weighted by molar-refractivity contribution is 0.112. The van der Waals surface area contributed by atoms with Crippen molar-refractivity contribution in [3.05, 3.63) is 84.4 Å². The van der Waals surface area contributed by atoms with Crippen LogP contribution in [0.15, 0.2) is 78.9 Å². The molecule has 1 unspecified atom stereocenters. The molecule has 0 aliphatic rings. The van der Waals surface area contributed by atoms with Gasteiger partial charge in [-0.25, -0.2) is 0 Å². The number of benzene rings is 3. The lowest BCUT2D eigenvalue weighted by Gasteiger charge is -2.25. The zero-order valence-electron chi connectivity index (χ0n) is 15.1. The van der Waals surface area contributed by atoms with E-state index in [4.69, 9.17) is 4.74 Å². The normalized spacial score (nSPS) is 11.6. The predicted octanol–water partition coefficient (Wildman–Crippen LogP) is 6.15. The van der Waals surface area contributed by atoms with Gasteiger partial charge in [0.25, 0.3) is 0 Å². The molecule has 0 N–H and O–H groups in total. The van der Waals surface area contributed by atoms with E-state index < -0.39 is 0 Å². The molecule has 0 aliphatic heterocycles. The Hall–Kier alpha value is -3.07. The van der Waals surface area contributed by atoms with E-state index in [9.17, 15) is 4.79 Å². The maximum absolute atomic E-state index is 11.0. The van der Waals surface area contributed by atoms with E-state index in [1.807, 2.05) is 54.6 Å². The number of rotatable bonds is 7. The molecule has 0 saturated heterocycles. The second-order valence-electron chi connectivity index (χ2n) is 6.21. The van der Waals surface area contributed by atoms with E-state index in [1.165, 1.54) is 0 Å². The first-order valence-corrected chi connectivity index (χ1v) is 8.88.